The molecule has 0 saturated carbocycles. The number of fused-ring (bicyclic) bond motifs is 1. The summed E-state index contributed by atoms with van der Waals surface area (Å²) in [5, 5.41) is 29.3. The molecule has 4 N–H and O–H groups in total. The summed E-state index contributed by atoms with van der Waals surface area (Å²) in [6.07, 6.45) is 0.432. The van der Waals surface area contributed by atoms with Gasteiger partial charge in [-0.05, 0) is 0 Å². The van der Waals surface area contributed by atoms with Crippen molar-refractivity contribution in [2.24, 2.45) is 0 Å². The molecule has 0 aromatic carbocycles. The predicted molar refractivity (Wildman–Crippen MR) is 65.7 cm³/mol. The van der Waals surface area contributed by atoms with Crippen LogP contribution in [0.1, 0.15) is 0 Å². The minimum Gasteiger partial charge on any atom is -0.391 e. The maximum Gasteiger partial charge on any atom is 0.199 e. The molecule has 3 atom stereocenters. The number of imidazole rings is 1. The average molecular weight is 284 g/mol. The molecule has 3 heterocycles. The van der Waals surface area contributed by atoms with Gasteiger partial charge in [0.25, 0.3) is 0 Å². The first-order valence-electron chi connectivity index (χ1n) is 5.62. The lowest BCUT2D eigenvalue weighted by molar-refractivity contribution is -0.149. The fourth-order valence-corrected chi connectivity index (χ4v) is 2.48. The van der Waals surface area contributed by atoms with E-state index in [2.05, 4.69) is 15.0 Å². The van der Waals surface area contributed by atoms with Crippen molar-refractivity contribution in [3.8, 4) is 0 Å². The Morgan fingerprint density at radius 3 is 2.95 bits per heavy atom. The second-order valence-corrected chi connectivity index (χ2v) is 4.73. The van der Waals surface area contributed by atoms with Crippen LogP contribution in [-0.4, -0.2) is 60.3 Å². The lowest BCUT2D eigenvalue weighted by atomic mass is 10.1. The van der Waals surface area contributed by atoms with Crippen LogP contribution >= 0.6 is 12.2 Å². The van der Waals surface area contributed by atoms with Gasteiger partial charge in [0.2, 0.25) is 0 Å². The quantitative estimate of drug-likeness (QED) is 0.516. The fourth-order valence-electron chi connectivity index (χ4n) is 2.28. The van der Waals surface area contributed by atoms with E-state index in [1.165, 1.54) is 17.2 Å². The standard InChI is InChI=1S/C10H12N4O4S/c15-2-10(7(17)5(16)1-18-10)14-4-13-6-8(14)11-3-12-9(6)19/h3-5,7,15-17H,1-2H2,(H,11,12,19)/t5-,7-,10+/m0/s1. The van der Waals surface area contributed by atoms with Crippen molar-refractivity contribution in [2.75, 3.05) is 13.2 Å². The van der Waals surface area contributed by atoms with Crippen LogP contribution in [0.15, 0.2) is 12.7 Å². The number of hydrogen-bond acceptors (Lipinski definition) is 7. The molecule has 0 unspecified atom stereocenters. The van der Waals surface area contributed by atoms with Crippen molar-refractivity contribution < 1.29 is 20.1 Å². The summed E-state index contributed by atoms with van der Waals surface area (Å²) >= 11 is 5.04. The molecule has 1 aliphatic rings. The van der Waals surface area contributed by atoms with Gasteiger partial charge in [-0.2, -0.15) is 0 Å². The highest BCUT2D eigenvalue weighted by Gasteiger charge is 2.51. The van der Waals surface area contributed by atoms with E-state index < -0.39 is 24.5 Å². The Hall–Kier alpha value is -1.39. The van der Waals surface area contributed by atoms with Gasteiger partial charge >= 0.3 is 0 Å². The van der Waals surface area contributed by atoms with Gasteiger partial charge in [-0.1, -0.05) is 12.2 Å². The zero-order valence-electron chi connectivity index (χ0n) is 9.72. The third kappa shape index (κ3) is 1.63. The molecule has 0 radical (unpaired) electrons. The normalized spacial score (nSPS) is 31.1. The maximum absolute atomic E-state index is 10.1. The average Bonchev–Trinajstić information content (AvgIpc) is 2.96. The highest BCUT2D eigenvalue weighted by molar-refractivity contribution is 7.71. The van der Waals surface area contributed by atoms with E-state index in [-0.39, 0.29) is 6.61 Å². The lowest BCUT2D eigenvalue weighted by Gasteiger charge is -2.31. The highest BCUT2D eigenvalue weighted by atomic mass is 32.1. The molecule has 1 fully saturated rings. The van der Waals surface area contributed by atoms with Crippen LogP contribution in [0.2, 0.25) is 0 Å². The second-order valence-electron chi connectivity index (χ2n) is 4.35. The van der Waals surface area contributed by atoms with E-state index in [9.17, 15) is 15.3 Å². The van der Waals surface area contributed by atoms with Crippen LogP contribution in [-0.2, 0) is 10.5 Å². The number of ether oxygens (including phenoxy) is 1. The summed E-state index contributed by atoms with van der Waals surface area (Å²) in [6, 6.07) is 0. The van der Waals surface area contributed by atoms with E-state index in [1.54, 1.807) is 0 Å². The summed E-state index contributed by atoms with van der Waals surface area (Å²) in [5.74, 6) is 0. The summed E-state index contributed by atoms with van der Waals surface area (Å²) in [7, 11) is 0. The Kier molecular flexibility index (Phi) is 2.87. The lowest BCUT2D eigenvalue weighted by Crippen LogP contribution is -2.48. The largest absolute Gasteiger partial charge is 0.391 e. The number of nitrogens with zero attached hydrogens (tertiary/aromatic N) is 3. The van der Waals surface area contributed by atoms with E-state index in [0.717, 1.165) is 0 Å². The van der Waals surface area contributed by atoms with E-state index in [0.29, 0.717) is 15.8 Å². The zero-order valence-corrected chi connectivity index (χ0v) is 10.5. The van der Waals surface area contributed by atoms with Crippen molar-refractivity contribution in [1.82, 2.24) is 19.5 Å². The van der Waals surface area contributed by atoms with Gasteiger partial charge in [0, 0.05) is 0 Å². The van der Waals surface area contributed by atoms with E-state index in [1.807, 2.05) is 0 Å². The Labute approximate surface area is 112 Å². The molecule has 1 aliphatic heterocycles. The topological polar surface area (TPSA) is 116 Å². The molecule has 2 aromatic rings. The number of H-pyrrole nitrogens is 1. The van der Waals surface area contributed by atoms with Crippen LogP contribution in [0.5, 0.6) is 0 Å². The monoisotopic (exact) mass is 284 g/mol. The van der Waals surface area contributed by atoms with Crippen molar-refractivity contribution in [3.63, 3.8) is 0 Å². The second kappa shape index (κ2) is 4.32. The summed E-state index contributed by atoms with van der Waals surface area (Å²) in [5.41, 5.74) is -0.585. The number of hydrogen-bond donors (Lipinski definition) is 4. The van der Waals surface area contributed by atoms with Gasteiger partial charge in [-0.15, -0.1) is 0 Å². The van der Waals surface area contributed by atoms with Crippen LogP contribution in [0.25, 0.3) is 11.2 Å². The van der Waals surface area contributed by atoms with Gasteiger partial charge in [0.15, 0.2) is 10.4 Å². The Morgan fingerprint density at radius 1 is 1.53 bits per heavy atom. The number of nitrogens with one attached hydrogen (secondary N) is 1. The summed E-state index contributed by atoms with van der Waals surface area (Å²) < 4.78 is 7.14. The van der Waals surface area contributed by atoms with Crippen LogP contribution < -0.4 is 0 Å². The smallest absolute Gasteiger partial charge is 0.199 e. The van der Waals surface area contributed by atoms with Crippen molar-refractivity contribution >= 4 is 23.4 Å². The molecule has 2 aromatic heterocycles. The van der Waals surface area contributed by atoms with Gasteiger partial charge in [-0.25, -0.2) is 9.97 Å². The van der Waals surface area contributed by atoms with E-state index >= 15 is 0 Å². The molecule has 8 nitrogen and oxygen atoms in total. The number of aromatic nitrogens is 4. The SMILES string of the molecule is OC[C@@]1(n2cnc3c(=S)nc[nH]c32)OC[C@H](O)[C@@H]1O. The molecule has 9 heteroatoms. The van der Waals surface area contributed by atoms with Gasteiger partial charge in [0.1, 0.15) is 23.4 Å². The van der Waals surface area contributed by atoms with Crippen molar-refractivity contribution in [3.05, 3.63) is 17.3 Å². The minimum atomic E-state index is -1.48. The Balaban J connectivity index is 2.23. The Bertz CT molecular complexity index is 671. The molecular weight excluding hydrogens is 272 g/mol. The first-order valence-corrected chi connectivity index (χ1v) is 6.03. The fraction of sp³-hybridized carbons (Fsp3) is 0.500. The minimum absolute atomic E-state index is 0.0762. The van der Waals surface area contributed by atoms with Crippen LogP contribution in [0, 0.1) is 4.64 Å². The third-order valence-electron chi connectivity index (χ3n) is 3.32. The molecule has 0 amide bonds. The molecule has 0 aliphatic carbocycles. The molecular formula is C10H12N4O4S. The van der Waals surface area contributed by atoms with Crippen molar-refractivity contribution in [1.29, 1.82) is 0 Å². The van der Waals surface area contributed by atoms with Gasteiger partial charge < -0.3 is 25.0 Å². The first kappa shape index (κ1) is 12.6. The molecule has 1 saturated heterocycles. The molecule has 102 valence electrons. The molecule has 0 spiro atoms. The molecule has 0 bridgehead atoms. The van der Waals surface area contributed by atoms with Crippen molar-refractivity contribution in [2.45, 2.75) is 17.9 Å². The molecule has 3 rings (SSSR count). The third-order valence-corrected chi connectivity index (χ3v) is 3.62. The summed E-state index contributed by atoms with van der Waals surface area (Å²) in [6.45, 7) is -0.590. The number of aromatic amines is 1. The first-order chi connectivity index (χ1) is 9.10. The van der Waals surface area contributed by atoms with E-state index in [4.69, 9.17) is 17.0 Å². The number of rotatable bonds is 2. The Morgan fingerprint density at radius 2 is 2.32 bits per heavy atom. The predicted octanol–water partition coefficient (Wildman–Crippen LogP) is -1.11. The van der Waals surface area contributed by atoms with Crippen LogP contribution in [0.3, 0.4) is 0 Å². The highest BCUT2D eigenvalue weighted by Crippen LogP contribution is 2.33. The summed E-state index contributed by atoms with van der Waals surface area (Å²) in [4.78, 5) is 10.8. The van der Waals surface area contributed by atoms with Gasteiger partial charge in [0.05, 0.1) is 25.9 Å². The van der Waals surface area contributed by atoms with Gasteiger partial charge in [-0.3, -0.25) is 4.57 Å². The number of aliphatic hydroxyl groups excluding tert-OH is 3. The van der Waals surface area contributed by atoms with Crippen LogP contribution in [0.4, 0.5) is 0 Å². The molecule has 19 heavy (non-hydrogen) atoms. The maximum atomic E-state index is 10.1. The number of aliphatic hydroxyl groups is 3. The zero-order chi connectivity index (χ0) is 13.6.